The van der Waals surface area contributed by atoms with E-state index >= 15 is 0 Å². The monoisotopic (exact) mass is 270 g/mol. The summed E-state index contributed by atoms with van der Waals surface area (Å²) in [6, 6.07) is 12.0. The number of nitrogens with one attached hydrogen (secondary N) is 1. The molecule has 0 atom stereocenters. The third kappa shape index (κ3) is 3.91. The molecule has 1 aromatic carbocycles. The number of ether oxygens (including phenoxy) is 1. The van der Waals surface area contributed by atoms with E-state index in [1.165, 1.54) is 6.92 Å². The minimum atomic E-state index is -0.456. The number of benzene rings is 1. The van der Waals surface area contributed by atoms with Crippen LogP contribution in [0.4, 0.5) is 5.69 Å². The maximum absolute atomic E-state index is 11.9. The first kappa shape index (κ1) is 13.7. The van der Waals surface area contributed by atoms with Crippen molar-refractivity contribution in [1.29, 1.82) is 0 Å². The van der Waals surface area contributed by atoms with E-state index in [0.29, 0.717) is 16.9 Å². The van der Waals surface area contributed by atoms with Crippen molar-refractivity contribution in [2.75, 3.05) is 5.32 Å². The minimum absolute atomic E-state index is 0.115. The number of carbonyl (C=O) groups is 2. The maximum Gasteiger partial charge on any atom is 0.338 e. The van der Waals surface area contributed by atoms with Crippen molar-refractivity contribution in [2.24, 2.45) is 0 Å². The lowest BCUT2D eigenvalue weighted by atomic mass is 10.2. The van der Waals surface area contributed by atoms with Gasteiger partial charge in [-0.2, -0.15) is 0 Å². The summed E-state index contributed by atoms with van der Waals surface area (Å²) in [5, 5.41) is 2.61. The Bertz CT molecular complexity index is 612. The van der Waals surface area contributed by atoms with E-state index in [2.05, 4.69) is 10.3 Å². The summed E-state index contributed by atoms with van der Waals surface area (Å²) < 4.78 is 5.16. The van der Waals surface area contributed by atoms with Crippen LogP contribution in [0.1, 0.15) is 23.0 Å². The maximum atomic E-state index is 11.9. The molecular formula is C15H14N2O3. The summed E-state index contributed by atoms with van der Waals surface area (Å²) in [4.78, 5) is 26.9. The minimum Gasteiger partial charge on any atom is -0.456 e. The van der Waals surface area contributed by atoms with Crippen molar-refractivity contribution in [3.8, 4) is 0 Å². The molecule has 5 heteroatoms. The van der Waals surface area contributed by atoms with Crippen LogP contribution in [0.15, 0.2) is 48.7 Å². The molecule has 0 saturated carbocycles. The van der Waals surface area contributed by atoms with E-state index in [-0.39, 0.29) is 12.5 Å². The topological polar surface area (TPSA) is 68.3 Å². The molecule has 0 radical (unpaired) electrons. The van der Waals surface area contributed by atoms with E-state index < -0.39 is 5.97 Å². The summed E-state index contributed by atoms with van der Waals surface area (Å²) in [6.07, 6.45) is 1.64. The van der Waals surface area contributed by atoms with Crippen LogP contribution in [0.3, 0.4) is 0 Å². The van der Waals surface area contributed by atoms with Crippen LogP contribution in [-0.4, -0.2) is 16.9 Å². The predicted octanol–water partition coefficient (Wildman–Crippen LogP) is 2.40. The Balaban J connectivity index is 2.00. The Kier molecular flexibility index (Phi) is 4.44. The van der Waals surface area contributed by atoms with Crippen LogP contribution in [0.2, 0.25) is 0 Å². The average molecular weight is 270 g/mol. The van der Waals surface area contributed by atoms with Crippen LogP contribution < -0.4 is 5.32 Å². The van der Waals surface area contributed by atoms with Gasteiger partial charge in [0.05, 0.1) is 11.3 Å². The highest BCUT2D eigenvalue weighted by atomic mass is 16.5. The van der Waals surface area contributed by atoms with Gasteiger partial charge in [0.2, 0.25) is 5.91 Å². The molecule has 1 amide bonds. The molecule has 102 valence electrons. The summed E-state index contributed by atoms with van der Waals surface area (Å²) in [6.45, 7) is 1.52. The van der Waals surface area contributed by atoms with Gasteiger partial charge in [0.15, 0.2) is 0 Å². The smallest absolute Gasteiger partial charge is 0.338 e. The molecule has 1 N–H and O–H groups in total. The second-order valence-electron chi connectivity index (χ2n) is 4.16. The SMILES string of the molecule is CC(=O)Nc1cccc(C(=O)OCc2ccccn2)c1. The van der Waals surface area contributed by atoms with E-state index in [9.17, 15) is 9.59 Å². The van der Waals surface area contributed by atoms with Gasteiger partial charge in [0.25, 0.3) is 0 Å². The van der Waals surface area contributed by atoms with Gasteiger partial charge in [0.1, 0.15) is 6.61 Å². The van der Waals surface area contributed by atoms with E-state index in [1.807, 2.05) is 6.07 Å². The zero-order valence-corrected chi connectivity index (χ0v) is 11.0. The van der Waals surface area contributed by atoms with E-state index in [4.69, 9.17) is 4.74 Å². The van der Waals surface area contributed by atoms with Gasteiger partial charge < -0.3 is 10.1 Å². The van der Waals surface area contributed by atoms with Crippen molar-refractivity contribution in [1.82, 2.24) is 4.98 Å². The van der Waals surface area contributed by atoms with Crippen molar-refractivity contribution >= 4 is 17.6 Å². The summed E-state index contributed by atoms with van der Waals surface area (Å²) >= 11 is 0. The largest absolute Gasteiger partial charge is 0.456 e. The molecule has 0 aliphatic rings. The first-order valence-electron chi connectivity index (χ1n) is 6.10. The fraction of sp³-hybridized carbons (Fsp3) is 0.133. The summed E-state index contributed by atoms with van der Waals surface area (Å²) in [7, 11) is 0. The number of hydrogen-bond acceptors (Lipinski definition) is 4. The molecule has 2 rings (SSSR count). The molecule has 0 unspecified atom stereocenters. The van der Waals surface area contributed by atoms with Crippen molar-refractivity contribution in [3.05, 3.63) is 59.9 Å². The second-order valence-corrected chi connectivity index (χ2v) is 4.16. The third-order valence-electron chi connectivity index (χ3n) is 2.50. The Hall–Kier alpha value is -2.69. The van der Waals surface area contributed by atoms with Crippen molar-refractivity contribution < 1.29 is 14.3 Å². The molecule has 1 heterocycles. The van der Waals surface area contributed by atoms with Crippen LogP contribution in [-0.2, 0) is 16.1 Å². The van der Waals surface area contributed by atoms with E-state index in [1.54, 1.807) is 42.6 Å². The first-order chi connectivity index (χ1) is 9.65. The summed E-state index contributed by atoms with van der Waals surface area (Å²) in [5.41, 5.74) is 1.62. The molecule has 1 aromatic heterocycles. The number of hydrogen-bond donors (Lipinski definition) is 1. The highest BCUT2D eigenvalue weighted by molar-refractivity contribution is 5.93. The van der Waals surface area contributed by atoms with Crippen LogP contribution in [0, 0.1) is 0 Å². The third-order valence-corrected chi connectivity index (χ3v) is 2.50. The molecular weight excluding hydrogens is 256 g/mol. The van der Waals surface area contributed by atoms with Crippen molar-refractivity contribution in [3.63, 3.8) is 0 Å². The lowest BCUT2D eigenvalue weighted by Gasteiger charge is -2.06. The fourth-order valence-electron chi connectivity index (χ4n) is 1.63. The average Bonchev–Trinajstić information content (AvgIpc) is 2.45. The van der Waals surface area contributed by atoms with Crippen LogP contribution >= 0.6 is 0 Å². The Morgan fingerprint density at radius 2 is 2.05 bits per heavy atom. The lowest BCUT2D eigenvalue weighted by molar-refractivity contribution is -0.114. The number of carbonyl (C=O) groups excluding carboxylic acids is 2. The molecule has 2 aromatic rings. The number of rotatable bonds is 4. The number of amides is 1. The van der Waals surface area contributed by atoms with Crippen molar-refractivity contribution in [2.45, 2.75) is 13.5 Å². The Labute approximate surface area is 116 Å². The fourth-order valence-corrected chi connectivity index (χ4v) is 1.63. The van der Waals surface area contributed by atoms with Crippen LogP contribution in [0.25, 0.3) is 0 Å². The molecule has 0 fully saturated rings. The zero-order valence-electron chi connectivity index (χ0n) is 11.0. The van der Waals surface area contributed by atoms with E-state index in [0.717, 1.165) is 0 Å². The molecule has 0 aliphatic heterocycles. The van der Waals surface area contributed by atoms with Gasteiger partial charge in [-0.1, -0.05) is 12.1 Å². The highest BCUT2D eigenvalue weighted by Gasteiger charge is 2.08. The number of pyridine rings is 1. The van der Waals surface area contributed by atoms with Crippen LogP contribution in [0.5, 0.6) is 0 Å². The molecule has 20 heavy (non-hydrogen) atoms. The van der Waals surface area contributed by atoms with Gasteiger partial charge in [0, 0.05) is 18.8 Å². The number of anilines is 1. The molecule has 5 nitrogen and oxygen atoms in total. The predicted molar refractivity (Wildman–Crippen MR) is 74.1 cm³/mol. The lowest BCUT2D eigenvalue weighted by Crippen LogP contribution is -2.09. The zero-order chi connectivity index (χ0) is 14.4. The standard InChI is InChI=1S/C15H14N2O3/c1-11(18)17-13-7-4-5-12(9-13)15(19)20-10-14-6-2-3-8-16-14/h2-9H,10H2,1H3,(H,17,18). The molecule has 0 bridgehead atoms. The first-order valence-corrected chi connectivity index (χ1v) is 6.10. The number of aromatic nitrogens is 1. The number of nitrogens with zero attached hydrogens (tertiary/aromatic N) is 1. The highest BCUT2D eigenvalue weighted by Crippen LogP contribution is 2.12. The normalized spacial score (nSPS) is 9.85. The quantitative estimate of drug-likeness (QED) is 0.866. The molecule has 0 saturated heterocycles. The van der Waals surface area contributed by atoms with Gasteiger partial charge in [-0.25, -0.2) is 4.79 Å². The van der Waals surface area contributed by atoms with Gasteiger partial charge in [-0.05, 0) is 30.3 Å². The second kappa shape index (κ2) is 6.47. The van der Waals surface area contributed by atoms with Gasteiger partial charge in [-0.15, -0.1) is 0 Å². The Morgan fingerprint density at radius 3 is 2.75 bits per heavy atom. The molecule has 0 aliphatic carbocycles. The Morgan fingerprint density at radius 1 is 1.20 bits per heavy atom. The van der Waals surface area contributed by atoms with Gasteiger partial charge >= 0.3 is 5.97 Å². The summed E-state index contributed by atoms with van der Waals surface area (Å²) in [5.74, 6) is -0.646. The number of esters is 1. The molecule has 0 spiro atoms. The van der Waals surface area contributed by atoms with Gasteiger partial charge in [-0.3, -0.25) is 9.78 Å².